The Morgan fingerprint density at radius 1 is 1.15 bits per heavy atom. The van der Waals surface area contributed by atoms with Crippen LogP contribution >= 0.6 is 0 Å². The number of aromatic nitrogens is 2. The molecule has 0 spiro atoms. The van der Waals surface area contributed by atoms with Crippen molar-refractivity contribution in [1.82, 2.24) is 9.38 Å². The zero-order chi connectivity index (χ0) is 17.8. The van der Waals surface area contributed by atoms with Crippen LogP contribution in [0, 0.1) is 0 Å². The second-order valence-corrected chi connectivity index (χ2v) is 6.64. The van der Waals surface area contributed by atoms with Gasteiger partial charge in [0.15, 0.2) is 0 Å². The number of pyridine rings is 1. The van der Waals surface area contributed by atoms with E-state index in [4.69, 9.17) is 9.47 Å². The van der Waals surface area contributed by atoms with Crippen molar-refractivity contribution in [1.29, 1.82) is 0 Å². The number of hydrogen-bond acceptors (Lipinski definition) is 4. The molecule has 1 aromatic carbocycles. The Morgan fingerprint density at radius 2 is 2.04 bits per heavy atom. The molecule has 0 amide bonds. The van der Waals surface area contributed by atoms with Gasteiger partial charge >= 0.3 is 5.97 Å². The number of imidazole rings is 1. The lowest BCUT2D eigenvalue weighted by Gasteiger charge is -2.13. The predicted molar refractivity (Wildman–Crippen MR) is 98.5 cm³/mol. The van der Waals surface area contributed by atoms with E-state index in [1.165, 1.54) is 12.8 Å². The minimum absolute atomic E-state index is 0.274. The van der Waals surface area contributed by atoms with Gasteiger partial charge in [-0.25, -0.2) is 9.78 Å². The molecule has 134 valence electrons. The maximum atomic E-state index is 12.3. The van der Waals surface area contributed by atoms with Gasteiger partial charge in [0.05, 0.1) is 24.0 Å². The second-order valence-electron chi connectivity index (χ2n) is 6.64. The van der Waals surface area contributed by atoms with Crippen LogP contribution in [-0.4, -0.2) is 28.1 Å². The highest BCUT2D eigenvalue weighted by molar-refractivity contribution is 5.89. The van der Waals surface area contributed by atoms with Crippen molar-refractivity contribution in [3.63, 3.8) is 0 Å². The number of ether oxygens (including phenoxy) is 2. The van der Waals surface area contributed by atoms with Crippen LogP contribution in [0.3, 0.4) is 0 Å². The van der Waals surface area contributed by atoms with Gasteiger partial charge in [-0.05, 0) is 56.0 Å². The molecule has 26 heavy (non-hydrogen) atoms. The van der Waals surface area contributed by atoms with Crippen molar-refractivity contribution in [2.24, 2.45) is 0 Å². The van der Waals surface area contributed by atoms with Crippen LogP contribution in [0.5, 0.6) is 5.75 Å². The summed E-state index contributed by atoms with van der Waals surface area (Å²) in [6, 6.07) is 13.1. The topological polar surface area (TPSA) is 52.8 Å². The molecule has 1 saturated carbocycles. The third-order valence-corrected chi connectivity index (χ3v) is 4.68. The SMILES string of the molecule is O=C(OCCc1cn2ccccc2n1)c1cccc(OC2CCCC2)c1. The van der Waals surface area contributed by atoms with Crippen LogP contribution in [0.2, 0.25) is 0 Å². The second kappa shape index (κ2) is 7.60. The fraction of sp³-hybridized carbons (Fsp3) is 0.333. The molecule has 0 aliphatic heterocycles. The van der Waals surface area contributed by atoms with Crippen LogP contribution in [0.25, 0.3) is 5.65 Å². The smallest absolute Gasteiger partial charge is 0.338 e. The van der Waals surface area contributed by atoms with E-state index in [-0.39, 0.29) is 12.1 Å². The summed E-state index contributed by atoms with van der Waals surface area (Å²) < 4.78 is 13.3. The molecule has 5 nitrogen and oxygen atoms in total. The normalized spacial score (nSPS) is 14.6. The van der Waals surface area contributed by atoms with Crippen molar-refractivity contribution in [3.05, 3.63) is 66.1 Å². The zero-order valence-electron chi connectivity index (χ0n) is 14.6. The third-order valence-electron chi connectivity index (χ3n) is 4.68. The van der Waals surface area contributed by atoms with Gasteiger partial charge < -0.3 is 13.9 Å². The van der Waals surface area contributed by atoms with E-state index < -0.39 is 0 Å². The number of benzene rings is 1. The molecule has 0 bridgehead atoms. The van der Waals surface area contributed by atoms with Gasteiger partial charge in [0.1, 0.15) is 11.4 Å². The Bertz CT molecular complexity index is 864. The quantitative estimate of drug-likeness (QED) is 0.629. The molecule has 5 heteroatoms. The van der Waals surface area contributed by atoms with Crippen molar-refractivity contribution in [2.75, 3.05) is 6.61 Å². The molecule has 0 radical (unpaired) electrons. The van der Waals surface area contributed by atoms with Gasteiger partial charge in [0, 0.05) is 18.8 Å². The Balaban J connectivity index is 1.32. The summed E-state index contributed by atoms with van der Waals surface area (Å²) in [4.78, 5) is 16.8. The van der Waals surface area contributed by atoms with E-state index in [9.17, 15) is 4.79 Å². The maximum Gasteiger partial charge on any atom is 0.338 e. The van der Waals surface area contributed by atoms with Crippen LogP contribution in [0.4, 0.5) is 0 Å². The fourth-order valence-corrected chi connectivity index (χ4v) is 3.33. The number of rotatable bonds is 6. The number of hydrogen-bond donors (Lipinski definition) is 0. The average molecular weight is 350 g/mol. The van der Waals surface area contributed by atoms with Crippen molar-refractivity contribution in [2.45, 2.75) is 38.2 Å². The molecule has 0 saturated heterocycles. The lowest BCUT2D eigenvalue weighted by molar-refractivity contribution is 0.0507. The highest BCUT2D eigenvalue weighted by atomic mass is 16.5. The van der Waals surface area contributed by atoms with Crippen LogP contribution in [0.1, 0.15) is 41.7 Å². The van der Waals surface area contributed by atoms with E-state index in [2.05, 4.69) is 4.98 Å². The van der Waals surface area contributed by atoms with Crippen LogP contribution in [0.15, 0.2) is 54.9 Å². The van der Waals surface area contributed by atoms with E-state index >= 15 is 0 Å². The summed E-state index contributed by atoms with van der Waals surface area (Å²) in [5.41, 5.74) is 2.32. The summed E-state index contributed by atoms with van der Waals surface area (Å²) in [5.74, 6) is 0.414. The molecular formula is C21H22N2O3. The lowest BCUT2D eigenvalue weighted by atomic mass is 10.2. The monoisotopic (exact) mass is 350 g/mol. The highest BCUT2D eigenvalue weighted by Gasteiger charge is 2.17. The first-order valence-electron chi connectivity index (χ1n) is 9.14. The van der Waals surface area contributed by atoms with E-state index in [1.807, 2.05) is 47.1 Å². The zero-order valence-corrected chi connectivity index (χ0v) is 14.6. The molecule has 3 aromatic rings. The molecule has 0 atom stereocenters. The Hall–Kier alpha value is -2.82. The molecule has 4 rings (SSSR count). The number of fused-ring (bicyclic) bond motifs is 1. The first kappa shape index (κ1) is 16.6. The average Bonchev–Trinajstić information content (AvgIpc) is 3.31. The van der Waals surface area contributed by atoms with E-state index in [0.717, 1.165) is 29.9 Å². The molecule has 1 fully saturated rings. The number of carbonyl (C=O) groups excluding carboxylic acids is 1. The lowest BCUT2D eigenvalue weighted by Crippen LogP contribution is -2.12. The van der Waals surface area contributed by atoms with Crippen LogP contribution in [-0.2, 0) is 11.2 Å². The summed E-state index contributed by atoms with van der Waals surface area (Å²) in [5, 5.41) is 0. The van der Waals surface area contributed by atoms with Gasteiger partial charge in [-0.15, -0.1) is 0 Å². The maximum absolute atomic E-state index is 12.3. The van der Waals surface area contributed by atoms with E-state index in [0.29, 0.717) is 18.6 Å². The summed E-state index contributed by atoms with van der Waals surface area (Å²) in [6.07, 6.45) is 9.39. The first-order chi connectivity index (χ1) is 12.8. The van der Waals surface area contributed by atoms with Gasteiger partial charge in [0.25, 0.3) is 0 Å². The van der Waals surface area contributed by atoms with Crippen molar-refractivity contribution >= 4 is 11.6 Å². The molecular weight excluding hydrogens is 328 g/mol. The minimum atomic E-state index is -0.328. The predicted octanol–water partition coefficient (Wildman–Crippen LogP) is 4.06. The molecule has 1 aliphatic carbocycles. The molecule has 2 heterocycles. The number of carbonyl (C=O) groups is 1. The van der Waals surface area contributed by atoms with Crippen LogP contribution < -0.4 is 4.74 Å². The van der Waals surface area contributed by atoms with Gasteiger partial charge in [-0.3, -0.25) is 0 Å². The van der Waals surface area contributed by atoms with Gasteiger partial charge in [-0.1, -0.05) is 12.1 Å². The number of esters is 1. The van der Waals surface area contributed by atoms with Crippen molar-refractivity contribution in [3.8, 4) is 5.75 Å². The van der Waals surface area contributed by atoms with Gasteiger partial charge in [-0.2, -0.15) is 0 Å². The molecule has 1 aliphatic rings. The minimum Gasteiger partial charge on any atom is -0.490 e. The first-order valence-corrected chi connectivity index (χ1v) is 9.14. The third kappa shape index (κ3) is 3.87. The van der Waals surface area contributed by atoms with Gasteiger partial charge in [0.2, 0.25) is 0 Å². The number of nitrogens with zero attached hydrogens (tertiary/aromatic N) is 2. The molecule has 0 N–H and O–H groups in total. The van der Waals surface area contributed by atoms with Crippen molar-refractivity contribution < 1.29 is 14.3 Å². The largest absolute Gasteiger partial charge is 0.490 e. The fourth-order valence-electron chi connectivity index (χ4n) is 3.33. The summed E-state index contributed by atoms with van der Waals surface area (Å²) in [6.45, 7) is 0.302. The van der Waals surface area contributed by atoms with E-state index in [1.54, 1.807) is 12.1 Å². The molecule has 2 aromatic heterocycles. The Kier molecular flexibility index (Phi) is 4.86. The Labute approximate surface area is 152 Å². The Morgan fingerprint density at radius 3 is 2.88 bits per heavy atom. The standard InChI is InChI=1S/C21H22N2O3/c24-21(16-6-5-9-19(14-16)26-18-7-1-2-8-18)25-13-11-17-15-23-12-4-3-10-20(23)22-17/h3-6,9-10,12,14-15,18H,1-2,7-8,11,13H2. The highest BCUT2D eigenvalue weighted by Crippen LogP contribution is 2.24. The molecule has 0 unspecified atom stereocenters. The summed E-state index contributed by atoms with van der Waals surface area (Å²) in [7, 11) is 0. The summed E-state index contributed by atoms with van der Waals surface area (Å²) >= 11 is 0.